The summed E-state index contributed by atoms with van der Waals surface area (Å²) < 4.78 is 47.4. The predicted molar refractivity (Wildman–Crippen MR) is 156 cm³/mol. The Morgan fingerprint density at radius 3 is 2.75 bits per heavy atom. The molecule has 4 N–H and O–H groups in total. The number of hydrogen-bond acceptors (Lipinski definition) is 9. The molecule has 0 unspecified atom stereocenters. The number of ether oxygens (including phenoxy) is 1. The third-order valence-corrected chi connectivity index (χ3v) is 11.1. The summed E-state index contributed by atoms with van der Waals surface area (Å²) in [6.45, 7) is 0.612. The predicted octanol–water partition coefficient (Wildman–Crippen LogP) is 1.35. The lowest BCUT2D eigenvalue weighted by atomic mass is 10.1. The van der Waals surface area contributed by atoms with Crippen molar-refractivity contribution in [3.05, 3.63) is 47.3 Å². The fraction of sp³-hybridized carbons (Fsp3) is 0.633. The molecule has 0 radical (unpaired) electrons. The van der Waals surface area contributed by atoms with E-state index in [-0.39, 0.29) is 50.4 Å². The standard InChI is InChI=1S/C30H40FN5O7S/c31-24-9-6-7-19-15-35(17-23(19)24)43-18-42-21-13-26-27(37)33-30(29(39)34-44(40,41)22-11-12-22)14-20(30)8-4-2-1-3-5-10-25(32)28(38)36(26)16-21/h4,6-9,20-22,25-26H,1-3,5,10-18,32H2,(H,33,37)(H,34,39)/b8-4-/t20-,21-,25+,26+,30-/m1/s1. The molecular weight excluding hydrogens is 593 g/mol. The van der Waals surface area contributed by atoms with Crippen molar-refractivity contribution in [3.63, 3.8) is 0 Å². The minimum Gasteiger partial charge on any atom is -0.348 e. The Balaban J connectivity index is 1.14. The summed E-state index contributed by atoms with van der Waals surface area (Å²) in [5.74, 6) is -2.35. The number of fused-ring (bicyclic) bond motifs is 3. The molecule has 14 heteroatoms. The zero-order chi connectivity index (χ0) is 31.1. The van der Waals surface area contributed by atoms with Crippen LogP contribution in [-0.4, -0.2) is 78.4 Å². The number of hydrogen-bond donors (Lipinski definition) is 3. The number of halogens is 1. The maximum absolute atomic E-state index is 14.1. The summed E-state index contributed by atoms with van der Waals surface area (Å²) >= 11 is 0. The van der Waals surface area contributed by atoms with Gasteiger partial charge in [-0.15, -0.1) is 0 Å². The Kier molecular flexibility index (Phi) is 8.81. The third kappa shape index (κ3) is 6.54. The van der Waals surface area contributed by atoms with Crippen molar-refractivity contribution < 1.29 is 36.8 Å². The van der Waals surface area contributed by atoms with E-state index in [0.29, 0.717) is 31.4 Å². The van der Waals surface area contributed by atoms with Crippen molar-refractivity contribution in [1.82, 2.24) is 20.0 Å². The van der Waals surface area contributed by atoms with Crippen LogP contribution in [0.15, 0.2) is 30.4 Å². The summed E-state index contributed by atoms with van der Waals surface area (Å²) in [5.41, 5.74) is 6.28. The van der Waals surface area contributed by atoms with Gasteiger partial charge in [-0.05, 0) is 50.2 Å². The molecule has 2 aliphatic carbocycles. The highest BCUT2D eigenvalue weighted by molar-refractivity contribution is 7.91. The Labute approximate surface area is 256 Å². The van der Waals surface area contributed by atoms with Gasteiger partial charge in [0, 0.05) is 24.4 Å². The van der Waals surface area contributed by atoms with E-state index in [9.17, 15) is 27.2 Å². The zero-order valence-corrected chi connectivity index (χ0v) is 25.4. The number of nitrogens with one attached hydrogen (secondary N) is 2. The van der Waals surface area contributed by atoms with Crippen molar-refractivity contribution in [2.45, 2.75) is 99.9 Å². The maximum atomic E-state index is 14.1. The largest absolute Gasteiger partial charge is 0.348 e. The van der Waals surface area contributed by atoms with Crippen LogP contribution in [0.1, 0.15) is 68.9 Å². The molecular formula is C30H40FN5O7S. The Morgan fingerprint density at radius 2 is 1.98 bits per heavy atom. The van der Waals surface area contributed by atoms with Crippen LogP contribution < -0.4 is 15.8 Å². The number of hydroxylamine groups is 2. The van der Waals surface area contributed by atoms with Crippen molar-refractivity contribution in [2.75, 3.05) is 13.3 Å². The highest BCUT2D eigenvalue weighted by atomic mass is 32.2. The summed E-state index contributed by atoms with van der Waals surface area (Å²) in [6, 6.07) is 3.13. The van der Waals surface area contributed by atoms with Crippen molar-refractivity contribution >= 4 is 27.7 Å². The van der Waals surface area contributed by atoms with Crippen molar-refractivity contribution in [2.24, 2.45) is 11.7 Å². The lowest BCUT2D eigenvalue weighted by Gasteiger charge is -2.28. The average Bonchev–Trinajstić information content (AvgIpc) is 3.87. The van der Waals surface area contributed by atoms with Crippen molar-refractivity contribution in [3.8, 4) is 0 Å². The minimum absolute atomic E-state index is 0.0986. The number of carbonyl (C=O) groups is 3. The van der Waals surface area contributed by atoms with Gasteiger partial charge in [-0.3, -0.25) is 23.9 Å². The molecule has 6 rings (SSSR count). The van der Waals surface area contributed by atoms with E-state index in [1.165, 1.54) is 11.0 Å². The summed E-state index contributed by atoms with van der Waals surface area (Å²) in [5, 5.41) is 3.83. The Bertz CT molecular complexity index is 1440. The Morgan fingerprint density at radius 1 is 1.16 bits per heavy atom. The molecule has 3 aliphatic heterocycles. The highest BCUT2D eigenvalue weighted by Gasteiger charge is 2.62. The molecule has 44 heavy (non-hydrogen) atoms. The van der Waals surface area contributed by atoms with Gasteiger partial charge in [-0.2, -0.15) is 5.06 Å². The van der Waals surface area contributed by atoms with Gasteiger partial charge in [0.2, 0.25) is 21.8 Å². The first-order valence-electron chi connectivity index (χ1n) is 15.4. The lowest BCUT2D eigenvalue weighted by Crippen LogP contribution is -2.57. The molecule has 3 amide bonds. The highest BCUT2D eigenvalue weighted by Crippen LogP contribution is 2.46. The molecule has 1 aromatic rings. The van der Waals surface area contributed by atoms with E-state index >= 15 is 0 Å². The van der Waals surface area contributed by atoms with Gasteiger partial charge in [-0.25, -0.2) is 12.8 Å². The second kappa shape index (κ2) is 12.5. The molecule has 5 aliphatic rings. The number of benzene rings is 1. The van der Waals surface area contributed by atoms with Gasteiger partial charge < -0.3 is 20.7 Å². The van der Waals surface area contributed by atoms with Crippen LogP contribution in [0, 0.1) is 11.7 Å². The third-order valence-electron chi connectivity index (χ3n) is 9.32. The van der Waals surface area contributed by atoms with Crippen LogP contribution in [-0.2, 0) is 47.1 Å². The molecule has 240 valence electrons. The quantitative estimate of drug-likeness (QED) is 0.298. The molecule has 12 nitrogen and oxygen atoms in total. The molecule has 3 heterocycles. The topological polar surface area (TPSA) is 160 Å². The molecule has 0 spiro atoms. The monoisotopic (exact) mass is 633 g/mol. The molecule has 5 atom stereocenters. The number of rotatable bonds is 7. The van der Waals surface area contributed by atoms with Gasteiger partial charge >= 0.3 is 0 Å². The zero-order valence-electron chi connectivity index (χ0n) is 24.6. The van der Waals surface area contributed by atoms with Crippen LogP contribution in [0.5, 0.6) is 0 Å². The van der Waals surface area contributed by atoms with E-state index in [1.807, 2.05) is 18.2 Å². The minimum atomic E-state index is -3.82. The summed E-state index contributed by atoms with van der Waals surface area (Å²) in [6.07, 6.45) is 8.41. The van der Waals surface area contributed by atoms with Gasteiger partial charge in [0.15, 0.2) is 6.79 Å². The van der Waals surface area contributed by atoms with E-state index < -0.39 is 50.8 Å². The normalized spacial score (nSPS) is 32.1. The fourth-order valence-corrected chi connectivity index (χ4v) is 7.78. The van der Waals surface area contributed by atoms with Gasteiger partial charge in [-0.1, -0.05) is 37.1 Å². The number of allylic oxidation sites excluding steroid dienone is 1. The number of carbonyl (C=O) groups excluding carboxylic acids is 3. The van der Waals surface area contributed by atoms with Gasteiger partial charge in [0.25, 0.3) is 5.91 Å². The van der Waals surface area contributed by atoms with Crippen LogP contribution >= 0.6 is 0 Å². The first-order chi connectivity index (χ1) is 21.1. The molecule has 3 fully saturated rings. The van der Waals surface area contributed by atoms with E-state index in [4.69, 9.17) is 15.3 Å². The molecule has 1 saturated heterocycles. The number of amides is 3. The van der Waals surface area contributed by atoms with Gasteiger partial charge in [0.1, 0.15) is 17.4 Å². The fourth-order valence-electron chi connectivity index (χ4n) is 6.42. The number of sulfonamides is 1. The molecule has 0 aromatic heterocycles. The molecule has 0 bridgehead atoms. The maximum Gasteiger partial charge on any atom is 0.259 e. The molecule has 2 saturated carbocycles. The second-order valence-electron chi connectivity index (χ2n) is 12.6. The number of nitrogens with two attached hydrogens (primary N) is 1. The molecule has 1 aromatic carbocycles. The van der Waals surface area contributed by atoms with Crippen LogP contribution in [0.3, 0.4) is 0 Å². The van der Waals surface area contributed by atoms with E-state index in [2.05, 4.69) is 10.0 Å². The second-order valence-corrected chi connectivity index (χ2v) is 14.5. The average molecular weight is 634 g/mol. The lowest BCUT2D eigenvalue weighted by molar-refractivity contribution is -0.239. The van der Waals surface area contributed by atoms with Crippen LogP contribution in [0.2, 0.25) is 0 Å². The first-order valence-corrected chi connectivity index (χ1v) is 17.0. The summed E-state index contributed by atoms with van der Waals surface area (Å²) in [7, 11) is -3.82. The number of nitrogens with zero attached hydrogens (tertiary/aromatic N) is 2. The van der Waals surface area contributed by atoms with E-state index in [1.54, 1.807) is 11.1 Å². The Hall–Kier alpha value is -2.91. The smallest absolute Gasteiger partial charge is 0.259 e. The van der Waals surface area contributed by atoms with Crippen LogP contribution in [0.4, 0.5) is 4.39 Å². The van der Waals surface area contributed by atoms with Crippen LogP contribution in [0.25, 0.3) is 0 Å². The van der Waals surface area contributed by atoms with E-state index in [0.717, 1.165) is 31.2 Å². The SMILES string of the molecule is N[C@H]1CCCCC/C=C\[C@@H]2C[C@@]2(C(=O)NS(=O)(=O)C2CC2)NC(=O)[C@@H]2C[C@@H](OCON3Cc4cccc(F)c4C3)CN2C1=O. The first kappa shape index (κ1) is 31.1. The van der Waals surface area contributed by atoms with Gasteiger partial charge in [0.05, 0.1) is 30.5 Å². The van der Waals surface area contributed by atoms with Crippen molar-refractivity contribution in [1.29, 1.82) is 0 Å². The summed E-state index contributed by atoms with van der Waals surface area (Å²) in [4.78, 5) is 47.8.